The van der Waals surface area contributed by atoms with E-state index in [2.05, 4.69) is 65.8 Å². The number of phenolic OH excluding ortho intramolecular Hbond substituents is 2. The summed E-state index contributed by atoms with van der Waals surface area (Å²) in [5.41, 5.74) is 6.41. The van der Waals surface area contributed by atoms with Gasteiger partial charge in [-0.15, -0.1) is 0 Å². The lowest BCUT2D eigenvalue weighted by molar-refractivity contribution is 0.426. The molecule has 0 radical (unpaired) electrons. The molecule has 0 heterocycles. The summed E-state index contributed by atoms with van der Waals surface area (Å²) in [5, 5.41) is 23.9. The highest BCUT2D eigenvalue weighted by molar-refractivity contribution is 5.57. The minimum Gasteiger partial charge on any atom is -0.507 e. The Balaban J connectivity index is 2.41. The van der Waals surface area contributed by atoms with Crippen LogP contribution >= 0.6 is 0 Å². The van der Waals surface area contributed by atoms with E-state index in [1.54, 1.807) is 0 Å². The van der Waals surface area contributed by atoms with Gasteiger partial charge in [0.25, 0.3) is 0 Å². The summed E-state index contributed by atoms with van der Waals surface area (Å²) in [6.45, 7) is 13.6. The third kappa shape index (κ3) is 16.3. The van der Waals surface area contributed by atoms with E-state index < -0.39 is 5.41 Å². The van der Waals surface area contributed by atoms with Crippen LogP contribution in [0.1, 0.15) is 229 Å². The molecule has 0 spiro atoms. The number of hydrogen-bond donors (Lipinski definition) is 2. The van der Waals surface area contributed by atoms with Crippen LogP contribution in [0.5, 0.6) is 11.5 Å². The predicted molar refractivity (Wildman–Crippen MR) is 217 cm³/mol. The molecule has 0 aliphatic heterocycles. The van der Waals surface area contributed by atoms with Gasteiger partial charge < -0.3 is 10.2 Å². The molecule has 0 bridgehead atoms. The molecule has 0 aliphatic rings. The van der Waals surface area contributed by atoms with Gasteiger partial charge in [-0.3, -0.25) is 0 Å². The highest BCUT2D eigenvalue weighted by Gasteiger charge is 2.32. The van der Waals surface area contributed by atoms with Gasteiger partial charge in [0, 0.05) is 16.5 Å². The lowest BCUT2D eigenvalue weighted by Gasteiger charge is -2.31. The van der Waals surface area contributed by atoms with Crippen LogP contribution in [0.25, 0.3) is 0 Å². The van der Waals surface area contributed by atoms with Gasteiger partial charge >= 0.3 is 0 Å². The summed E-state index contributed by atoms with van der Waals surface area (Å²) in [7, 11) is 0. The Morgan fingerprint density at radius 1 is 0.367 bits per heavy atom. The summed E-state index contributed by atoms with van der Waals surface area (Å²) < 4.78 is 0. The second-order valence-corrected chi connectivity index (χ2v) is 16.0. The average molecular weight is 677 g/mol. The molecule has 0 atom stereocenters. The number of phenols is 2. The van der Waals surface area contributed by atoms with Crippen LogP contribution in [0, 0.1) is 0 Å². The number of aromatic hydroxyl groups is 2. The summed E-state index contributed by atoms with van der Waals surface area (Å²) >= 11 is 0. The number of rotatable bonds is 30. The molecule has 0 amide bonds. The van der Waals surface area contributed by atoms with E-state index in [-0.39, 0.29) is 0 Å². The predicted octanol–water partition coefficient (Wildman–Crippen LogP) is 15.0. The topological polar surface area (TPSA) is 40.5 Å². The SMILES string of the molecule is CCCCCCCCc1cc(CCCCCCCC)c(O)c(C(C)(C)c2cc(CCCCCCCC)cc(CCCCCCCC)c2O)c1. The Morgan fingerprint density at radius 3 is 0.939 bits per heavy atom. The highest BCUT2D eigenvalue weighted by Crippen LogP contribution is 2.45. The number of aryl methyl sites for hydroxylation is 4. The van der Waals surface area contributed by atoms with Crippen LogP contribution in [0.4, 0.5) is 0 Å². The van der Waals surface area contributed by atoms with Gasteiger partial charge in [-0.2, -0.15) is 0 Å². The number of hydrogen-bond acceptors (Lipinski definition) is 2. The third-order valence-electron chi connectivity index (χ3n) is 11.1. The quantitative estimate of drug-likeness (QED) is 0.0809. The van der Waals surface area contributed by atoms with Crippen molar-refractivity contribution >= 4 is 0 Å². The molecular weight excluding hydrogens is 597 g/mol. The molecule has 0 aliphatic carbocycles. The van der Waals surface area contributed by atoms with Crippen LogP contribution < -0.4 is 0 Å². The fourth-order valence-electron chi connectivity index (χ4n) is 7.70. The molecule has 2 aromatic carbocycles. The Bertz CT molecular complexity index is 1040. The summed E-state index contributed by atoms with van der Waals surface area (Å²) in [6, 6.07) is 9.20. The van der Waals surface area contributed by atoms with Crippen LogP contribution in [0.3, 0.4) is 0 Å². The maximum absolute atomic E-state index is 12.0. The van der Waals surface area contributed by atoms with Crippen molar-refractivity contribution < 1.29 is 10.2 Å². The number of unbranched alkanes of at least 4 members (excludes halogenated alkanes) is 20. The van der Waals surface area contributed by atoms with Crippen molar-refractivity contribution in [1.29, 1.82) is 0 Å². The maximum atomic E-state index is 12.0. The van der Waals surface area contributed by atoms with Crippen molar-refractivity contribution in [3.05, 3.63) is 57.6 Å². The van der Waals surface area contributed by atoms with Gasteiger partial charge in [-0.1, -0.05) is 194 Å². The smallest absolute Gasteiger partial charge is 0.122 e. The minimum atomic E-state index is -0.506. The Morgan fingerprint density at radius 2 is 0.633 bits per heavy atom. The molecule has 0 unspecified atom stereocenters. The first-order chi connectivity index (χ1) is 23.8. The van der Waals surface area contributed by atoms with E-state index >= 15 is 0 Å². The molecule has 49 heavy (non-hydrogen) atoms. The molecular formula is C47H80O2. The summed E-state index contributed by atoms with van der Waals surface area (Å²) in [5.74, 6) is 0.923. The molecule has 0 saturated carbocycles. The van der Waals surface area contributed by atoms with E-state index in [4.69, 9.17) is 0 Å². The first-order valence-electron chi connectivity index (χ1n) is 21.5. The van der Waals surface area contributed by atoms with Crippen molar-refractivity contribution in [3.8, 4) is 11.5 Å². The molecule has 280 valence electrons. The van der Waals surface area contributed by atoms with Crippen molar-refractivity contribution in [2.75, 3.05) is 0 Å². The second-order valence-electron chi connectivity index (χ2n) is 16.0. The van der Waals surface area contributed by atoms with Gasteiger partial charge in [0.1, 0.15) is 11.5 Å². The zero-order valence-electron chi connectivity index (χ0n) is 33.5. The molecule has 2 N–H and O–H groups in total. The van der Waals surface area contributed by atoms with Gasteiger partial charge in [0.15, 0.2) is 0 Å². The highest BCUT2D eigenvalue weighted by atomic mass is 16.3. The molecule has 2 aromatic rings. The van der Waals surface area contributed by atoms with E-state index in [1.807, 2.05) is 0 Å². The van der Waals surface area contributed by atoms with E-state index in [0.717, 1.165) is 60.8 Å². The Hall–Kier alpha value is -1.96. The average Bonchev–Trinajstić information content (AvgIpc) is 3.09. The van der Waals surface area contributed by atoms with Gasteiger partial charge in [0.2, 0.25) is 0 Å². The zero-order chi connectivity index (χ0) is 35.7. The minimum absolute atomic E-state index is 0.462. The second kappa shape index (κ2) is 25.9. The first-order valence-corrected chi connectivity index (χ1v) is 21.5. The van der Waals surface area contributed by atoms with Crippen molar-refractivity contribution in [3.63, 3.8) is 0 Å². The standard InChI is InChI=1S/C47H80O2/c1-7-11-15-19-23-27-31-39-35-41(33-29-25-21-17-13-9-3)45(48)43(37-39)47(5,6)44-38-40(32-28-24-20-16-12-8-2)36-42(46(44)49)34-30-26-22-18-14-10-4/h35-38,48-49H,7-34H2,1-6H3. The monoisotopic (exact) mass is 677 g/mol. The maximum Gasteiger partial charge on any atom is 0.122 e. The molecule has 2 rings (SSSR count). The van der Waals surface area contributed by atoms with Gasteiger partial charge in [-0.25, -0.2) is 0 Å². The molecule has 0 saturated heterocycles. The zero-order valence-corrected chi connectivity index (χ0v) is 33.5. The number of benzene rings is 2. The van der Waals surface area contributed by atoms with Crippen molar-refractivity contribution in [2.45, 2.75) is 227 Å². The van der Waals surface area contributed by atoms with Crippen molar-refractivity contribution in [2.24, 2.45) is 0 Å². The van der Waals surface area contributed by atoms with Gasteiger partial charge in [0.05, 0.1) is 0 Å². The molecule has 0 fully saturated rings. The van der Waals surface area contributed by atoms with E-state index in [1.165, 1.54) is 152 Å². The summed E-state index contributed by atoms with van der Waals surface area (Å²) in [6.07, 6.45) is 34.5. The fraction of sp³-hybridized carbons (Fsp3) is 0.745. The van der Waals surface area contributed by atoms with Crippen LogP contribution in [0.2, 0.25) is 0 Å². The largest absolute Gasteiger partial charge is 0.507 e. The lowest BCUT2D eigenvalue weighted by atomic mass is 9.74. The van der Waals surface area contributed by atoms with E-state index in [0.29, 0.717) is 11.5 Å². The fourth-order valence-corrected chi connectivity index (χ4v) is 7.70. The van der Waals surface area contributed by atoms with Crippen LogP contribution in [-0.4, -0.2) is 10.2 Å². The van der Waals surface area contributed by atoms with Crippen LogP contribution in [-0.2, 0) is 31.1 Å². The van der Waals surface area contributed by atoms with Crippen molar-refractivity contribution in [1.82, 2.24) is 0 Å². The Labute approximate surface area is 305 Å². The van der Waals surface area contributed by atoms with E-state index in [9.17, 15) is 10.2 Å². The lowest BCUT2D eigenvalue weighted by Crippen LogP contribution is -2.21. The Kier molecular flexibility index (Phi) is 22.8. The third-order valence-corrected chi connectivity index (χ3v) is 11.1. The first kappa shape index (κ1) is 43.2. The molecule has 0 aromatic heterocycles. The molecule has 2 nitrogen and oxygen atoms in total. The molecule has 2 heteroatoms. The van der Waals surface area contributed by atoms with Gasteiger partial charge in [-0.05, 0) is 73.6 Å². The van der Waals surface area contributed by atoms with Crippen LogP contribution in [0.15, 0.2) is 24.3 Å². The summed E-state index contributed by atoms with van der Waals surface area (Å²) in [4.78, 5) is 0. The normalized spacial score (nSPS) is 11.9.